The zero-order valence-corrected chi connectivity index (χ0v) is 9.95. The van der Waals surface area contributed by atoms with Crippen LogP contribution in [0.1, 0.15) is 20.8 Å². The number of carbonyl (C=O) groups is 2. The minimum absolute atomic E-state index is 0.0204. The molecule has 16 heavy (non-hydrogen) atoms. The maximum absolute atomic E-state index is 11.6. The van der Waals surface area contributed by atoms with Crippen LogP contribution < -0.4 is 11.1 Å². The molecule has 6 nitrogen and oxygen atoms in total. The largest absolute Gasteiger partial charge is 0.443 e. The summed E-state index contributed by atoms with van der Waals surface area (Å²) in [5, 5.41) is 2.78. The van der Waals surface area contributed by atoms with Crippen LogP contribution in [0.15, 0.2) is 0 Å². The standard InChI is InChI=1S/C10H19N3O3/c1-10(2,3)12-8(14)6-13-5-7(4-11)16-9(13)15/h7H,4-6,11H2,1-3H3,(H,12,14). The van der Waals surface area contributed by atoms with Crippen LogP contribution in [0.25, 0.3) is 0 Å². The van der Waals surface area contributed by atoms with Crippen molar-refractivity contribution in [2.45, 2.75) is 32.4 Å². The number of nitrogens with one attached hydrogen (secondary N) is 1. The fraction of sp³-hybridized carbons (Fsp3) is 0.800. The van der Waals surface area contributed by atoms with E-state index in [1.54, 1.807) is 0 Å². The SMILES string of the molecule is CC(C)(C)NC(=O)CN1CC(CN)OC1=O. The first-order chi connectivity index (χ1) is 7.31. The lowest BCUT2D eigenvalue weighted by Crippen LogP contribution is -2.46. The summed E-state index contributed by atoms with van der Waals surface area (Å²) in [6, 6.07) is 0. The van der Waals surface area contributed by atoms with Crippen molar-refractivity contribution < 1.29 is 14.3 Å². The van der Waals surface area contributed by atoms with E-state index in [0.29, 0.717) is 6.54 Å². The second kappa shape index (κ2) is 4.69. The van der Waals surface area contributed by atoms with E-state index in [2.05, 4.69) is 5.32 Å². The van der Waals surface area contributed by atoms with Crippen LogP contribution in [0, 0.1) is 0 Å². The third-order valence-electron chi connectivity index (χ3n) is 2.06. The van der Waals surface area contributed by atoms with Crippen molar-refractivity contribution in [1.29, 1.82) is 0 Å². The van der Waals surface area contributed by atoms with Crippen LogP contribution in [0.3, 0.4) is 0 Å². The minimum Gasteiger partial charge on any atom is -0.443 e. The van der Waals surface area contributed by atoms with Gasteiger partial charge in [0.1, 0.15) is 12.6 Å². The van der Waals surface area contributed by atoms with Crippen LogP contribution in [-0.2, 0) is 9.53 Å². The van der Waals surface area contributed by atoms with Crippen molar-refractivity contribution in [3.05, 3.63) is 0 Å². The lowest BCUT2D eigenvalue weighted by Gasteiger charge is -2.22. The Kier molecular flexibility index (Phi) is 3.74. The summed E-state index contributed by atoms with van der Waals surface area (Å²) in [6.07, 6.45) is -0.769. The molecule has 0 aliphatic carbocycles. The van der Waals surface area contributed by atoms with Gasteiger partial charge in [-0.2, -0.15) is 0 Å². The fourth-order valence-corrected chi connectivity index (χ4v) is 1.46. The molecule has 1 atom stereocenters. The zero-order chi connectivity index (χ0) is 12.3. The molecule has 0 aromatic carbocycles. The molecule has 2 amide bonds. The van der Waals surface area contributed by atoms with Gasteiger partial charge in [0.05, 0.1) is 6.54 Å². The first-order valence-corrected chi connectivity index (χ1v) is 5.28. The Bertz CT molecular complexity index is 286. The Morgan fingerprint density at radius 1 is 1.62 bits per heavy atom. The molecule has 1 unspecified atom stereocenters. The highest BCUT2D eigenvalue weighted by Crippen LogP contribution is 2.09. The average Bonchev–Trinajstić information content (AvgIpc) is 2.44. The Morgan fingerprint density at radius 3 is 2.69 bits per heavy atom. The van der Waals surface area contributed by atoms with Gasteiger partial charge in [0.2, 0.25) is 5.91 Å². The zero-order valence-electron chi connectivity index (χ0n) is 9.95. The van der Waals surface area contributed by atoms with Crippen molar-refractivity contribution in [2.24, 2.45) is 5.73 Å². The first-order valence-electron chi connectivity index (χ1n) is 5.28. The van der Waals surface area contributed by atoms with Gasteiger partial charge >= 0.3 is 6.09 Å². The van der Waals surface area contributed by atoms with Gasteiger partial charge in [-0.05, 0) is 20.8 Å². The molecule has 3 N–H and O–H groups in total. The minimum atomic E-state index is -0.473. The molecule has 0 spiro atoms. The molecule has 0 bridgehead atoms. The highest BCUT2D eigenvalue weighted by molar-refractivity contribution is 5.83. The average molecular weight is 229 g/mol. The molecule has 1 aliphatic rings. The Balaban J connectivity index is 2.43. The van der Waals surface area contributed by atoms with Crippen molar-refractivity contribution in [3.63, 3.8) is 0 Å². The molecular weight excluding hydrogens is 210 g/mol. The fourth-order valence-electron chi connectivity index (χ4n) is 1.46. The quantitative estimate of drug-likeness (QED) is 0.694. The summed E-state index contributed by atoms with van der Waals surface area (Å²) in [7, 11) is 0. The summed E-state index contributed by atoms with van der Waals surface area (Å²) in [4.78, 5) is 24.2. The smallest absolute Gasteiger partial charge is 0.410 e. The van der Waals surface area contributed by atoms with Crippen molar-refractivity contribution >= 4 is 12.0 Å². The molecule has 0 radical (unpaired) electrons. The van der Waals surface area contributed by atoms with Crippen molar-refractivity contribution in [3.8, 4) is 0 Å². The van der Waals surface area contributed by atoms with Gasteiger partial charge in [-0.1, -0.05) is 0 Å². The number of nitrogens with two attached hydrogens (primary N) is 1. The number of nitrogens with zero attached hydrogens (tertiary/aromatic N) is 1. The van der Waals surface area contributed by atoms with E-state index in [1.165, 1.54) is 4.90 Å². The molecule has 1 rings (SSSR count). The van der Waals surface area contributed by atoms with E-state index in [9.17, 15) is 9.59 Å². The van der Waals surface area contributed by atoms with Crippen LogP contribution in [-0.4, -0.2) is 48.2 Å². The molecular formula is C10H19N3O3. The summed E-state index contributed by atoms with van der Waals surface area (Å²) >= 11 is 0. The normalized spacial score (nSPS) is 20.9. The summed E-state index contributed by atoms with van der Waals surface area (Å²) in [6.45, 7) is 6.34. The van der Waals surface area contributed by atoms with Gasteiger partial charge in [0.15, 0.2) is 0 Å². The Hall–Kier alpha value is -1.30. The lowest BCUT2D eigenvalue weighted by atomic mass is 10.1. The Labute approximate surface area is 95.1 Å². The number of hydrogen-bond donors (Lipinski definition) is 2. The second-order valence-corrected chi connectivity index (χ2v) is 4.92. The van der Waals surface area contributed by atoms with E-state index < -0.39 is 6.09 Å². The highest BCUT2D eigenvalue weighted by Gasteiger charge is 2.31. The topological polar surface area (TPSA) is 84.7 Å². The van der Waals surface area contributed by atoms with Gasteiger partial charge in [-0.15, -0.1) is 0 Å². The van der Waals surface area contributed by atoms with Crippen LogP contribution in [0.4, 0.5) is 4.79 Å². The number of hydrogen-bond acceptors (Lipinski definition) is 4. The molecule has 1 saturated heterocycles. The number of carbonyl (C=O) groups excluding carboxylic acids is 2. The lowest BCUT2D eigenvalue weighted by molar-refractivity contribution is -0.123. The van der Waals surface area contributed by atoms with Crippen LogP contribution >= 0.6 is 0 Å². The molecule has 1 aliphatic heterocycles. The molecule has 0 aromatic rings. The molecule has 0 aromatic heterocycles. The molecule has 1 fully saturated rings. The van der Waals surface area contributed by atoms with Gasteiger partial charge in [-0.3, -0.25) is 9.69 Å². The van der Waals surface area contributed by atoms with E-state index in [1.807, 2.05) is 20.8 Å². The number of rotatable bonds is 3. The van der Waals surface area contributed by atoms with E-state index in [0.717, 1.165) is 0 Å². The van der Waals surface area contributed by atoms with Gasteiger partial charge < -0.3 is 15.8 Å². The van der Waals surface area contributed by atoms with Crippen LogP contribution in [0.5, 0.6) is 0 Å². The summed E-state index contributed by atoms with van der Waals surface area (Å²) in [5.74, 6) is -0.192. The second-order valence-electron chi connectivity index (χ2n) is 4.92. The van der Waals surface area contributed by atoms with Gasteiger partial charge in [0, 0.05) is 12.1 Å². The van der Waals surface area contributed by atoms with Crippen LogP contribution in [0.2, 0.25) is 0 Å². The maximum atomic E-state index is 11.6. The Morgan fingerprint density at radius 2 is 2.25 bits per heavy atom. The molecule has 92 valence electrons. The van der Waals surface area contributed by atoms with E-state index in [4.69, 9.17) is 10.5 Å². The van der Waals surface area contributed by atoms with E-state index >= 15 is 0 Å². The molecule has 1 heterocycles. The number of amides is 2. The summed E-state index contributed by atoms with van der Waals surface area (Å²) in [5.41, 5.74) is 5.09. The number of cyclic esters (lactones) is 1. The number of ether oxygens (including phenoxy) is 1. The summed E-state index contributed by atoms with van der Waals surface area (Å²) < 4.78 is 4.94. The predicted molar refractivity (Wildman–Crippen MR) is 58.8 cm³/mol. The van der Waals surface area contributed by atoms with E-state index in [-0.39, 0.29) is 30.6 Å². The van der Waals surface area contributed by atoms with Gasteiger partial charge in [0.25, 0.3) is 0 Å². The predicted octanol–water partition coefficient (Wildman–Crippen LogP) is -0.319. The third kappa shape index (κ3) is 3.69. The molecule has 6 heteroatoms. The first kappa shape index (κ1) is 12.8. The monoisotopic (exact) mass is 229 g/mol. The maximum Gasteiger partial charge on any atom is 0.410 e. The molecule has 0 saturated carbocycles. The highest BCUT2D eigenvalue weighted by atomic mass is 16.6. The van der Waals surface area contributed by atoms with Gasteiger partial charge in [-0.25, -0.2) is 4.79 Å². The van der Waals surface area contributed by atoms with Crippen molar-refractivity contribution in [1.82, 2.24) is 10.2 Å². The van der Waals surface area contributed by atoms with Crippen molar-refractivity contribution in [2.75, 3.05) is 19.6 Å². The third-order valence-corrected chi connectivity index (χ3v) is 2.06.